The number of hydrogen-bond donors (Lipinski definition) is 1. The molecule has 1 aromatic carbocycles. The van der Waals surface area contributed by atoms with Crippen molar-refractivity contribution in [2.75, 3.05) is 13.7 Å². The minimum absolute atomic E-state index is 0.400. The molecule has 0 amide bonds. The van der Waals surface area contributed by atoms with Crippen molar-refractivity contribution in [3.63, 3.8) is 0 Å². The van der Waals surface area contributed by atoms with Gasteiger partial charge < -0.3 is 19.3 Å². The smallest absolute Gasteiger partial charge is 0.336 e. The molecular formula is C16H17NO4. The van der Waals surface area contributed by atoms with Crippen molar-refractivity contribution in [1.82, 2.24) is 0 Å². The zero-order valence-corrected chi connectivity index (χ0v) is 12.3. The SMILES string of the molecule is COc1c2oc(=O)cc(C)c2cc2c(CCN)c(C)oc12. The van der Waals surface area contributed by atoms with E-state index in [4.69, 9.17) is 19.3 Å². The second-order valence-corrected chi connectivity index (χ2v) is 5.09. The normalized spacial score (nSPS) is 11.4. The van der Waals surface area contributed by atoms with E-state index in [1.807, 2.05) is 19.9 Å². The molecule has 0 atom stereocenters. The van der Waals surface area contributed by atoms with Crippen LogP contribution in [0.5, 0.6) is 5.75 Å². The summed E-state index contributed by atoms with van der Waals surface area (Å²) in [6.07, 6.45) is 0.726. The van der Waals surface area contributed by atoms with Crippen molar-refractivity contribution in [3.05, 3.63) is 39.4 Å². The third-order valence-electron chi connectivity index (χ3n) is 3.76. The largest absolute Gasteiger partial charge is 0.490 e. The van der Waals surface area contributed by atoms with Crippen LogP contribution in [0.3, 0.4) is 0 Å². The van der Waals surface area contributed by atoms with E-state index in [1.54, 1.807) is 0 Å². The molecule has 0 aliphatic heterocycles. The van der Waals surface area contributed by atoms with E-state index >= 15 is 0 Å². The Bertz CT molecular complexity index is 889. The molecule has 0 saturated carbocycles. The van der Waals surface area contributed by atoms with Crippen LogP contribution < -0.4 is 16.1 Å². The summed E-state index contributed by atoms with van der Waals surface area (Å²) in [5.41, 5.74) is 8.21. The second kappa shape index (κ2) is 4.93. The minimum atomic E-state index is -0.400. The van der Waals surface area contributed by atoms with Crippen LogP contribution in [0.15, 0.2) is 25.8 Å². The Labute approximate surface area is 121 Å². The van der Waals surface area contributed by atoms with Crippen molar-refractivity contribution in [3.8, 4) is 5.75 Å². The first-order chi connectivity index (χ1) is 10.1. The first-order valence-corrected chi connectivity index (χ1v) is 6.80. The van der Waals surface area contributed by atoms with E-state index < -0.39 is 5.63 Å². The van der Waals surface area contributed by atoms with Crippen LogP contribution in [-0.4, -0.2) is 13.7 Å². The Morgan fingerprint density at radius 2 is 1.86 bits per heavy atom. The van der Waals surface area contributed by atoms with Crippen LogP contribution in [0, 0.1) is 13.8 Å². The highest BCUT2D eigenvalue weighted by Gasteiger charge is 2.20. The van der Waals surface area contributed by atoms with Crippen LogP contribution in [0.1, 0.15) is 16.9 Å². The minimum Gasteiger partial charge on any atom is -0.490 e. The van der Waals surface area contributed by atoms with E-state index in [0.717, 1.165) is 34.1 Å². The molecular weight excluding hydrogens is 270 g/mol. The molecule has 2 heterocycles. The number of nitrogens with two attached hydrogens (primary N) is 1. The molecule has 0 bridgehead atoms. The molecule has 2 N–H and O–H groups in total. The van der Waals surface area contributed by atoms with Gasteiger partial charge in [-0.05, 0) is 38.4 Å². The zero-order chi connectivity index (χ0) is 15.1. The molecule has 5 heteroatoms. The van der Waals surface area contributed by atoms with E-state index in [1.165, 1.54) is 13.2 Å². The van der Waals surface area contributed by atoms with Crippen molar-refractivity contribution >= 4 is 21.9 Å². The lowest BCUT2D eigenvalue weighted by molar-refractivity contribution is 0.401. The summed E-state index contributed by atoms with van der Waals surface area (Å²) in [5, 5.41) is 1.80. The fourth-order valence-electron chi connectivity index (χ4n) is 2.77. The molecule has 0 saturated heterocycles. The van der Waals surface area contributed by atoms with Gasteiger partial charge in [-0.2, -0.15) is 0 Å². The molecule has 0 aliphatic rings. The fraction of sp³-hybridized carbons (Fsp3) is 0.312. The number of ether oxygens (including phenoxy) is 1. The molecule has 0 aliphatic carbocycles. The Balaban J connectivity index is 2.52. The summed E-state index contributed by atoms with van der Waals surface area (Å²) in [6.45, 7) is 4.32. The molecule has 2 aromatic heterocycles. The molecule has 0 unspecified atom stereocenters. The maximum atomic E-state index is 11.6. The van der Waals surface area contributed by atoms with Gasteiger partial charge in [-0.25, -0.2) is 4.79 Å². The number of aryl methyl sites for hydroxylation is 2. The second-order valence-electron chi connectivity index (χ2n) is 5.09. The summed E-state index contributed by atoms with van der Waals surface area (Å²) in [5.74, 6) is 1.26. The van der Waals surface area contributed by atoms with Crippen LogP contribution in [0.4, 0.5) is 0 Å². The highest BCUT2D eigenvalue weighted by Crippen LogP contribution is 2.39. The average molecular weight is 287 g/mol. The van der Waals surface area contributed by atoms with Gasteiger partial charge in [-0.15, -0.1) is 0 Å². The third kappa shape index (κ3) is 2.01. The predicted molar refractivity (Wildman–Crippen MR) is 81.0 cm³/mol. The molecule has 5 nitrogen and oxygen atoms in total. The average Bonchev–Trinajstić information content (AvgIpc) is 2.74. The number of methoxy groups -OCH3 is 1. The van der Waals surface area contributed by atoms with Gasteiger partial charge in [0, 0.05) is 22.4 Å². The van der Waals surface area contributed by atoms with Crippen molar-refractivity contribution in [2.45, 2.75) is 20.3 Å². The Hall–Kier alpha value is -2.27. The molecule has 110 valence electrons. The number of hydrogen-bond acceptors (Lipinski definition) is 5. The van der Waals surface area contributed by atoms with E-state index in [9.17, 15) is 4.79 Å². The van der Waals surface area contributed by atoms with Gasteiger partial charge in [-0.3, -0.25) is 0 Å². The number of furan rings is 1. The lowest BCUT2D eigenvalue weighted by atomic mass is 10.0. The topological polar surface area (TPSA) is 78.6 Å². The van der Waals surface area contributed by atoms with Gasteiger partial charge >= 0.3 is 5.63 Å². The van der Waals surface area contributed by atoms with Crippen LogP contribution in [0.25, 0.3) is 21.9 Å². The van der Waals surface area contributed by atoms with E-state index in [2.05, 4.69) is 0 Å². The number of fused-ring (bicyclic) bond motifs is 2. The van der Waals surface area contributed by atoms with Gasteiger partial charge in [-0.1, -0.05) is 0 Å². The highest BCUT2D eigenvalue weighted by molar-refractivity contribution is 6.02. The summed E-state index contributed by atoms with van der Waals surface area (Å²) < 4.78 is 16.6. The van der Waals surface area contributed by atoms with Crippen molar-refractivity contribution < 1.29 is 13.6 Å². The molecule has 0 fully saturated rings. The summed E-state index contributed by atoms with van der Waals surface area (Å²) in [6, 6.07) is 3.45. The molecule has 21 heavy (non-hydrogen) atoms. The Kier molecular flexibility index (Phi) is 3.22. The molecule has 0 radical (unpaired) electrons. The van der Waals surface area contributed by atoms with E-state index in [-0.39, 0.29) is 0 Å². The lowest BCUT2D eigenvalue weighted by Gasteiger charge is -2.07. The predicted octanol–water partition coefficient (Wildman–Crippen LogP) is 2.67. The van der Waals surface area contributed by atoms with Gasteiger partial charge in [0.05, 0.1) is 7.11 Å². The maximum absolute atomic E-state index is 11.6. The Morgan fingerprint density at radius 1 is 1.14 bits per heavy atom. The quantitative estimate of drug-likeness (QED) is 0.749. The van der Waals surface area contributed by atoms with Crippen molar-refractivity contribution in [2.24, 2.45) is 5.73 Å². The third-order valence-corrected chi connectivity index (χ3v) is 3.76. The van der Waals surface area contributed by atoms with Crippen LogP contribution in [0.2, 0.25) is 0 Å². The van der Waals surface area contributed by atoms with Gasteiger partial charge in [0.15, 0.2) is 11.2 Å². The molecule has 3 rings (SSSR count). The van der Waals surface area contributed by atoms with Gasteiger partial charge in [0.2, 0.25) is 5.75 Å². The number of benzene rings is 1. The van der Waals surface area contributed by atoms with Gasteiger partial charge in [0.25, 0.3) is 0 Å². The monoisotopic (exact) mass is 287 g/mol. The van der Waals surface area contributed by atoms with E-state index in [0.29, 0.717) is 23.5 Å². The summed E-state index contributed by atoms with van der Waals surface area (Å²) in [7, 11) is 1.54. The number of rotatable bonds is 3. The Morgan fingerprint density at radius 3 is 2.52 bits per heavy atom. The lowest BCUT2D eigenvalue weighted by Crippen LogP contribution is -2.03. The zero-order valence-electron chi connectivity index (χ0n) is 12.3. The summed E-state index contributed by atoms with van der Waals surface area (Å²) >= 11 is 0. The first kappa shape index (κ1) is 13.7. The first-order valence-electron chi connectivity index (χ1n) is 6.80. The van der Waals surface area contributed by atoms with Crippen molar-refractivity contribution in [1.29, 1.82) is 0 Å². The van der Waals surface area contributed by atoms with Gasteiger partial charge in [0.1, 0.15) is 5.76 Å². The molecule has 3 aromatic rings. The molecule has 0 spiro atoms. The highest BCUT2D eigenvalue weighted by atomic mass is 16.5. The fourth-order valence-corrected chi connectivity index (χ4v) is 2.77. The summed E-state index contributed by atoms with van der Waals surface area (Å²) in [4.78, 5) is 11.6. The maximum Gasteiger partial charge on any atom is 0.336 e. The van der Waals surface area contributed by atoms with Crippen LogP contribution in [-0.2, 0) is 6.42 Å². The van der Waals surface area contributed by atoms with Crippen LogP contribution >= 0.6 is 0 Å². The standard InChI is InChI=1S/C16H17NO4/c1-8-6-13(18)21-14-11(8)7-12-10(4-5-17)9(2)20-15(12)16(14)19-3/h6-7H,4-5,17H2,1-3H3.